The van der Waals surface area contributed by atoms with E-state index in [1.54, 1.807) is 0 Å². The van der Waals surface area contributed by atoms with Crippen molar-refractivity contribution in [3.8, 4) is 0 Å². The Morgan fingerprint density at radius 2 is 1.71 bits per heavy atom. The topological polar surface area (TPSA) is 221 Å². The minimum absolute atomic E-state index is 0.00957. The van der Waals surface area contributed by atoms with Gasteiger partial charge in [0.05, 0.1) is 12.1 Å². The molecule has 0 saturated carbocycles. The van der Waals surface area contributed by atoms with Crippen LogP contribution in [-0.4, -0.2) is 83.2 Å². The quantitative estimate of drug-likeness (QED) is 0.0755. The van der Waals surface area contributed by atoms with Crippen LogP contribution in [0.5, 0.6) is 0 Å². The van der Waals surface area contributed by atoms with Gasteiger partial charge in [-0.3, -0.25) is 19.4 Å². The number of amides is 3. The van der Waals surface area contributed by atoms with Crippen LogP contribution in [0.25, 0.3) is 0 Å². The van der Waals surface area contributed by atoms with Crippen LogP contribution in [0, 0.1) is 5.92 Å². The third-order valence-corrected chi connectivity index (χ3v) is 5.34. The van der Waals surface area contributed by atoms with E-state index in [1.165, 1.54) is 6.92 Å². The molecule has 194 valence electrons. The van der Waals surface area contributed by atoms with E-state index in [1.807, 2.05) is 13.8 Å². The van der Waals surface area contributed by atoms with Gasteiger partial charge in [0, 0.05) is 6.54 Å². The molecular formula is C21H39N7O6. The van der Waals surface area contributed by atoms with Crippen molar-refractivity contribution < 1.29 is 29.4 Å². The molecule has 5 unspecified atom stereocenters. The SMILES string of the molecule is CC(C)CC(NC(=O)C(CCCN=C(N)N)NC(=O)C(NC(=O)C1CCCN1)C(C)O)C(=O)O. The maximum atomic E-state index is 12.9. The summed E-state index contributed by atoms with van der Waals surface area (Å²) in [4.78, 5) is 53.6. The van der Waals surface area contributed by atoms with Crippen molar-refractivity contribution in [1.29, 1.82) is 0 Å². The summed E-state index contributed by atoms with van der Waals surface area (Å²) in [5.41, 5.74) is 10.6. The Morgan fingerprint density at radius 1 is 1.06 bits per heavy atom. The molecule has 1 rings (SSSR count). The fourth-order valence-corrected chi connectivity index (χ4v) is 3.57. The number of aliphatic hydroxyl groups excluding tert-OH is 1. The van der Waals surface area contributed by atoms with Crippen LogP contribution in [-0.2, 0) is 19.2 Å². The summed E-state index contributed by atoms with van der Waals surface area (Å²) >= 11 is 0. The molecule has 1 fully saturated rings. The van der Waals surface area contributed by atoms with Gasteiger partial charge in [-0.15, -0.1) is 0 Å². The fraction of sp³-hybridized carbons (Fsp3) is 0.762. The number of carbonyl (C=O) groups is 4. The Hall–Kier alpha value is -2.93. The molecule has 1 aliphatic heterocycles. The lowest BCUT2D eigenvalue weighted by atomic mass is 10.0. The number of nitrogens with two attached hydrogens (primary N) is 2. The highest BCUT2D eigenvalue weighted by molar-refractivity contribution is 5.94. The molecule has 3 amide bonds. The van der Waals surface area contributed by atoms with E-state index in [-0.39, 0.29) is 31.3 Å². The lowest BCUT2D eigenvalue weighted by Crippen LogP contribution is -2.59. The number of carboxylic acids is 1. The maximum Gasteiger partial charge on any atom is 0.326 e. The van der Waals surface area contributed by atoms with E-state index >= 15 is 0 Å². The number of hydrogen-bond donors (Lipinski definition) is 8. The van der Waals surface area contributed by atoms with Crippen molar-refractivity contribution in [2.24, 2.45) is 22.4 Å². The van der Waals surface area contributed by atoms with Gasteiger partial charge in [-0.1, -0.05) is 13.8 Å². The highest BCUT2D eigenvalue weighted by Crippen LogP contribution is 2.09. The monoisotopic (exact) mass is 485 g/mol. The lowest BCUT2D eigenvalue weighted by molar-refractivity contribution is -0.143. The molecule has 10 N–H and O–H groups in total. The second kappa shape index (κ2) is 14.4. The van der Waals surface area contributed by atoms with Gasteiger partial charge in [0.1, 0.15) is 18.1 Å². The number of hydrogen-bond acceptors (Lipinski definition) is 7. The van der Waals surface area contributed by atoms with Gasteiger partial charge in [0.2, 0.25) is 17.7 Å². The largest absolute Gasteiger partial charge is 0.480 e. The van der Waals surface area contributed by atoms with E-state index in [0.29, 0.717) is 19.4 Å². The molecule has 13 nitrogen and oxygen atoms in total. The van der Waals surface area contributed by atoms with E-state index in [2.05, 4.69) is 26.3 Å². The Morgan fingerprint density at radius 3 is 2.21 bits per heavy atom. The predicted molar refractivity (Wildman–Crippen MR) is 125 cm³/mol. The van der Waals surface area contributed by atoms with Crippen LogP contribution in [0.4, 0.5) is 0 Å². The van der Waals surface area contributed by atoms with Crippen LogP contribution < -0.4 is 32.7 Å². The molecule has 0 radical (unpaired) electrons. The van der Waals surface area contributed by atoms with E-state index in [4.69, 9.17) is 11.5 Å². The first kappa shape index (κ1) is 29.1. The average molecular weight is 486 g/mol. The van der Waals surface area contributed by atoms with E-state index < -0.39 is 54.0 Å². The predicted octanol–water partition coefficient (Wildman–Crippen LogP) is -2.24. The number of rotatable bonds is 14. The summed E-state index contributed by atoms with van der Waals surface area (Å²) in [6.07, 6.45) is 0.827. The van der Waals surface area contributed by atoms with Crippen LogP contribution in [0.15, 0.2) is 4.99 Å². The molecule has 0 aromatic carbocycles. The van der Waals surface area contributed by atoms with Crippen LogP contribution in [0.3, 0.4) is 0 Å². The highest BCUT2D eigenvalue weighted by Gasteiger charge is 2.33. The summed E-state index contributed by atoms with van der Waals surface area (Å²) in [6.45, 7) is 5.88. The number of nitrogens with one attached hydrogen (secondary N) is 4. The van der Waals surface area contributed by atoms with Crippen LogP contribution in [0.2, 0.25) is 0 Å². The Bertz CT molecular complexity index is 733. The number of aliphatic hydroxyl groups is 1. The number of aliphatic carboxylic acids is 1. The number of carboxylic acid groups (broad SMARTS) is 1. The van der Waals surface area contributed by atoms with Gasteiger partial charge in [0.25, 0.3) is 0 Å². The minimum atomic E-state index is -1.30. The van der Waals surface area contributed by atoms with Crippen molar-refractivity contribution in [2.45, 2.75) is 83.1 Å². The molecule has 1 aliphatic rings. The maximum absolute atomic E-state index is 12.9. The molecule has 1 saturated heterocycles. The van der Waals surface area contributed by atoms with Gasteiger partial charge in [-0.25, -0.2) is 4.79 Å². The highest BCUT2D eigenvalue weighted by atomic mass is 16.4. The Kier molecular flexibility index (Phi) is 12.3. The normalized spacial score (nSPS) is 18.9. The zero-order valence-electron chi connectivity index (χ0n) is 20.0. The molecule has 34 heavy (non-hydrogen) atoms. The fourth-order valence-electron chi connectivity index (χ4n) is 3.57. The molecule has 0 aliphatic carbocycles. The minimum Gasteiger partial charge on any atom is -0.480 e. The third-order valence-electron chi connectivity index (χ3n) is 5.34. The van der Waals surface area contributed by atoms with Crippen LogP contribution in [0.1, 0.15) is 52.9 Å². The summed E-state index contributed by atoms with van der Waals surface area (Å²) in [5.74, 6) is -3.18. The van der Waals surface area contributed by atoms with Gasteiger partial charge in [-0.05, 0) is 51.5 Å². The zero-order chi connectivity index (χ0) is 25.8. The first-order chi connectivity index (χ1) is 15.9. The molecule has 13 heteroatoms. The third kappa shape index (κ3) is 10.3. The van der Waals surface area contributed by atoms with Crippen molar-refractivity contribution in [3.05, 3.63) is 0 Å². The second-order valence-electron chi connectivity index (χ2n) is 8.91. The van der Waals surface area contributed by atoms with Gasteiger partial charge >= 0.3 is 5.97 Å². The van der Waals surface area contributed by atoms with E-state index in [9.17, 15) is 29.4 Å². The van der Waals surface area contributed by atoms with Crippen molar-refractivity contribution in [3.63, 3.8) is 0 Å². The molecule has 0 bridgehead atoms. The number of guanidine groups is 1. The number of aliphatic imine (C=N–C) groups is 1. The summed E-state index contributed by atoms with van der Waals surface area (Å²) in [7, 11) is 0. The average Bonchev–Trinajstić information content (AvgIpc) is 3.27. The van der Waals surface area contributed by atoms with Gasteiger partial charge in [-0.2, -0.15) is 0 Å². The second-order valence-corrected chi connectivity index (χ2v) is 8.91. The smallest absolute Gasteiger partial charge is 0.326 e. The van der Waals surface area contributed by atoms with Crippen molar-refractivity contribution >= 4 is 29.7 Å². The first-order valence-electron chi connectivity index (χ1n) is 11.5. The van der Waals surface area contributed by atoms with Crippen molar-refractivity contribution in [1.82, 2.24) is 21.3 Å². The van der Waals surface area contributed by atoms with Gasteiger partial charge < -0.3 is 42.9 Å². The summed E-state index contributed by atoms with van der Waals surface area (Å²) in [6, 6.07) is -4.02. The standard InChI is InChI=1S/C21H39N7O6/c1-11(2)10-15(20(33)34)27-18(31)14(7-5-9-25-21(22)23)26-19(32)16(12(3)29)28-17(30)13-6-4-8-24-13/h11-16,24,29H,4-10H2,1-3H3,(H,26,32)(H,27,31)(H,28,30)(H,33,34)(H4,22,23,25). The Labute approximate surface area is 199 Å². The van der Waals surface area contributed by atoms with Crippen LogP contribution >= 0.6 is 0 Å². The molecule has 0 aromatic rings. The Balaban J connectivity index is 2.93. The molecular weight excluding hydrogens is 446 g/mol. The molecule has 5 atom stereocenters. The summed E-state index contributed by atoms with van der Waals surface area (Å²) in [5, 5.41) is 30.1. The number of nitrogens with zero attached hydrogens (tertiary/aromatic N) is 1. The van der Waals surface area contributed by atoms with Gasteiger partial charge in [0.15, 0.2) is 5.96 Å². The number of carbonyl (C=O) groups excluding carboxylic acids is 3. The molecule has 0 spiro atoms. The van der Waals surface area contributed by atoms with Crippen molar-refractivity contribution in [2.75, 3.05) is 13.1 Å². The lowest BCUT2D eigenvalue weighted by Gasteiger charge is -2.26. The molecule has 1 heterocycles. The first-order valence-corrected chi connectivity index (χ1v) is 11.5. The zero-order valence-corrected chi connectivity index (χ0v) is 20.0. The summed E-state index contributed by atoms with van der Waals surface area (Å²) < 4.78 is 0. The van der Waals surface area contributed by atoms with E-state index in [0.717, 1.165) is 6.42 Å². The molecule has 0 aromatic heterocycles.